The molecule has 23 heavy (non-hydrogen) atoms. The molecule has 2 aromatic carbocycles. The van der Waals surface area contributed by atoms with Crippen LogP contribution in [0, 0.1) is 0 Å². The lowest BCUT2D eigenvalue weighted by Gasteiger charge is -2.04. The van der Waals surface area contributed by atoms with Crippen LogP contribution in [-0.4, -0.2) is 12.2 Å². The molecule has 1 aliphatic heterocycles. The maximum absolute atomic E-state index is 13.0. The van der Waals surface area contributed by atoms with E-state index in [-0.39, 0.29) is 22.9 Å². The van der Waals surface area contributed by atoms with Crippen LogP contribution in [0.25, 0.3) is 11.0 Å². The van der Waals surface area contributed by atoms with Crippen molar-refractivity contribution in [1.29, 1.82) is 0 Å². The first-order chi connectivity index (χ1) is 11.0. The van der Waals surface area contributed by atoms with Crippen LogP contribution in [0.1, 0.15) is 10.6 Å². The highest BCUT2D eigenvalue weighted by Crippen LogP contribution is 2.42. The summed E-state index contributed by atoms with van der Waals surface area (Å²) in [5, 5.41) is 3.36. The Morgan fingerprint density at radius 1 is 1.00 bits per heavy atom. The molecule has 1 aliphatic rings. The van der Waals surface area contributed by atoms with E-state index in [9.17, 15) is 13.6 Å². The Balaban J connectivity index is 1.57. The van der Waals surface area contributed by atoms with Gasteiger partial charge in [0.1, 0.15) is 5.58 Å². The molecule has 0 fully saturated rings. The highest BCUT2D eigenvalue weighted by atomic mass is 19.3. The van der Waals surface area contributed by atoms with Gasteiger partial charge in [-0.3, -0.25) is 4.79 Å². The first-order valence-corrected chi connectivity index (χ1v) is 6.70. The van der Waals surface area contributed by atoms with Gasteiger partial charge >= 0.3 is 6.29 Å². The number of carbonyl (C=O) groups is 1. The van der Waals surface area contributed by atoms with Gasteiger partial charge in [-0.05, 0) is 24.3 Å². The van der Waals surface area contributed by atoms with Crippen LogP contribution in [0.5, 0.6) is 11.5 Å². The minimum Gasteiger partial charge on any atom is -0.451 e. The molecule has 1 aromatic heterocycles. The number of hydrogen-bond acceptors (Lipinski definition) is 4. The third kappa shape index (κ3) is 2.46. The van der Waals surface area contributed by atoms with Gasteiger partial charge in [0.25, 0.3) is 5.91 Å². The van der Waals surface area contributed by atoms with Gasteiger partial charge in [-0.25, -0.2) is 0 Å². The standard InChI is InChI=1S/C16H9F2NO4/c17-16(18)22-12-6-5-10(8-13(12)23-16)19-15(20)14-7-9-3-1-2-4-11(9)21-14/h1-8H,(H,19,20). The van der Waals surface area contributed by atoms with E-state index in [1.54, 1.807) is 18.2 Å². The van der Waals surface area contributed by atoms with E-state index >= 15 is 0 Å². The molecule has 2 heterocycles. The molecule has 3 aromatic rings. The molecule has 0 bridgehead atoms. The molecule has 4 rings (SSSR count). The van der Waals surface area contributed by atoms with Crippen molar-refractivity contribution >= 4 is 22.6 Å². The van der Waals surface area contributed by atoms with Crippen molar-refractivity contribution < 1.29 is 27.5 Å². The molecule has 0 unspecified atom stereocenters. The van der Waals surface area contributed by atoms with E-state index in [1.165, 1.54) is 18.2 Å². The summed E-state index contributed by atoms with van der Waals surface area (Å²) in [6.45, 7) is 0. The number of furan rings is 1. The second-order valence-electron chi connectivity index (χ2n) is 4.93. The second kappa shape index (κ2) is 4.70. The molecule has 116 valence electrons. The Morgan fingerprint density at radius 2 is 1.78 bits per heavy atom. The first-order valence-electron chi connectivity index (χ1n) is 6.70. The number of nitrogens with one attached hydrogen (secondary N) is 1. The number of benzene rings is 2. The molecule has 0 spiro atoms. The van der Waals surface area contributed by atoms with Crippen LogP contribution in [0.3, 0.4) is 0 Å². The molecule has 0 saturated heterocycles. The van der Waals surface area contributed by atoms with E-state index in [0.717, 1.165) is 5.39 Å². The first kappa shape index (κ1) is 13.6. The van der Waals surface area contributed by atoms with Gasteiger partial charge in [0, 0.05) is 17.1 Å². The van der Waals surface area contributed by atoms with E-state index < -0.39 is 12.2 Å². The number of fused-ring (bicyclic) bond motifs is 2. The topological polar surface area (TPSA) is 60.7 Å². The van der Waals surface area contributed by atoms with Crippen molar-refractivity contribution in [3.05, 3.63) is 54.3 Å². The third-order valence-electron chi connectivity index (χ3n) is 3.31. The lowest BCUT2D eigenvalue weighted by Crippen LogP contribution is -2.25. The number of amides is 1. The fourth-order valence-electron chi connectivity index (χ4n) is 2.31. The average Bonchev–Trinajstić information content (AvgIpc) is 3.05. The Kier molecular flexibility index (Phi) is 2.77. The van der Waals surface area contributed by atoms with Gasteiger partial charge in [-0.15, -0.1) is 8.78 Å². The number of anilines is 1. The Labute approximate surface area is 128 Å². The van der Waals surface area contributed by atoms with Crippen molar-refractivity contribution in [2.45, 2.75) is 6.29 Å². The second-order valence-corrected chi connectivity index (χ2v) is 4.93. The molecule has 5 nitrogen and oxygen atoms in total. The van der Waals surface area contributed by atoms with Gasteiger partial charge in [-0.1, -0.05) is 18.2 Å². The number of carbonyl (C=O) groups excluding carboxylic acids is 1. The SMILES string of the molecule is O=C(Nc1ccc2c(c1)OC(F)(F)O2)c1cc2ccccc2o1. The molecule has 0 aliphatic carbocycles. The fraction of sp³-hybridized carbons (Fsp3) is 0.0625. The predicted octanol–water partition coefficient (Wildman–Crippen LogP) is 4.01. The van der Waals surface area contributed by atoms with Gasteiger partial charge in [0.05, 0.1) is 0 Å². The number of halogens is 2. The maximum Gasteiger partial charge on any atom is 0.586 e. The summed E-state index contributed by atoms with van der Waals surface area (Å²) in [4.78, 5) is 12.2. The summed E-state index contributed by atoms with van der Waals surface area (Å²) in [7, 11) is 0. The number of alkyl halides is 2. The van der Waals surface area contributed by atoms with E-state index in [0.29, 0.717) is 5.58 Å². The largest absolute Gasteiger partial charge is 0.586 e. The van der Waals surface area contributed by atoms with Crippen molar-refractivity contribution in [1.82, 2.24) is 0 Å². The molecular weight excluding hydrogens is 308 g/mol. The number of rotatable bonds is 2. The van der Waals surface area contributed by atoms with Crippen LogP contribution in [0.4, 0.5) is 14.5 Å². The number of ether oxygens (including phenoxy) is 2. The summed E-state index contributed by atoms with van der Waals surface area (Å²) >= 11 is 0. The minimum atomic E-state index is -3.69. The zero-order valence-corrected chi connectivity index (χ0v) is 11.5. The normalized spacial score (nSPS) is 14.9. The summed E-state index contributed by atoms with van der Waals surface area (Å²) < 4.78 is 40.0. The average molecular weight is 317 g/mol. The summed E-state index contributed by atoms with van der Waals surface area (Å²) in [6.07, 6.45) is -3.69. The zero-order valence-electron chi connectivity index (χ0n) is 11.5. The van der Waals surface area contributed by atoms with E-state index in [2.05, 4.69) is 14.8 Å². The predicted molar refractivity (Wildman–Crippen MR) is 76.8 cm³/mol. The van der Waals surface area contributed by atoms with Gasteiger partial charge in [0.15, 0.2) is 17.3 Å². The van der Waals surface area contributed by atoms with Crippen molar-refractivity contribution in [2.24, 2.45) is 0 Å². The highest BCUT2D eigenvalue weighted by Gasteiger charge is 2.43. The van der Waals surface area contributed by atoms with E-state index in [1.807, 2.05) is 12.1 Å². The summed E-state index contributed by atoms with van der Waals surface area (Å²) in [5.74, 6) is -0.602. The van der Waals surface area contributed by atoms with Gasteiger partial charge in [0.2, 0.25) is 0 Å². The quantitative estimate of drug-likeness (QED) is 0.776. The smallest absolute Gasteiger partial charge is 0.451 e. The van der Waals surface area contributed by atoms with Crippen LogP contribution >= 0.6 is 0 Å². The maximum atomic E-state index is 13.0. The molecular formula is C16H9F2NO4. The zero-order chi connectivity index (χ0) is 16.0. The van der Waals surface area contributed by atoms with Crippen molar-refractivity contribution in [2.75, 3.05) is 5.32 Å². The number of hydrogen-bond donors (Lipinski definition) is 1. The minimum absolute atomic E-state index is 0.0864. The van der Waals surface area contributed by atoms with Crippen LogP contribution in [-0.2, 0) is 0 Å². The highest BCUT2D eigenvalue weighted by molar-refractivity contribution is 6.04. The fourth-order valence-corrected chi connectivity index (χ4v) is 2.31. The molecule has 1 N–H and O–H groups in total. The van der Waals surface area contributed by atoms with Crippen LogP contribution in [0.2, 0.25) is 0 Å². The summed E-state index contributed by atoms with van der Waals surface area (Å²) in [6, 6.07) is 12.8. The molecule has 0 saturated carbocycles. The lowest BCUT2D eigenvalue weighted by molar-refractivity contribution is -0.286. The Morgan fingerprint density at radius 3 is 2.61 bits per heavy atom. The molecule has 1 amide bonds. The van der Waals surface area contributed by atoms with E-state index in [4.69, 9.17) is 4.42 Å². The Bertz CT molecular complexity index is 886. The molecule has 7 heteroatoms. The van der Waals surface area contributed by atoms with Crippen molar-refractivity contribution in [3.8, 4) is 11.5 Å². The number of para-hydroxylation sites is 1. The lowest BCUT2D eigenvalue weighted by atomic mass is 10.2. The molecule has 0 atom stereocenters. The van der Waals surface area contributed by atoms with Crippen LogP contribution < -0.4 is 14.8 Å². The van der Waals surface area contributed by atoms with Crippen LogP contribution in [0.15, 0.2) is 52.9 Å². The monoisotopic (exact) mass is 317 g/mol. The third-order valence-corrected chi connectivity index (χ3v) is 3.31. The Hall–Kier alpha value is -3.09. The van der Waals surface area contributed by atoms with Crippen molar-refractivity contribution in [3.63, 3.8) is 0 Å². The summed E-state index contributed by atoms with van der Waals surface area (Å²) in [5.41, 5.74) is 0.874. The molecule has 0 radical (unpaired) electrons. The van der Waals surface area contributed by atoms with Gasteiger partial charge < -0.3 is 19.2 Å². The van der Waals surface area contributed by atoms with Gasteiger partial charge in [-0.2, -0.15) is 0 Å².